The fourth-order valence-electron chi connectivity index (χ4n) is 5.32. The molecule has 0 aromatic rings. The average Bonchev–Trinajstić information content (AvgIpc) is 2.59. The van der Waals surface area contributed by atoms with Crippen molar-refractivity contribution in [3.8, 4) is 0 Å². The Morgan fingerprint density at radius 2 is 1.36 bits per heavy atom. The van der Waals surface area contributed by atoms with E-state index in [9.17, 15) is 0 Å². The van der Waals surface area contributed by atoms with Crippen LogP contribution in [0.5, 0.6) is 0 Å². The summed E-state index contributed by atoms with van der Waals surface area (Å²) in [6.45, 7) is 9.47. The molecule has 0 heterocycles. The van der Waals surface area contributed by atoms with Crippen molar-refractivity contribution in [3.63, 3.8) is 0 Å². The van der Waals surface area contributed by atoms with Crippen molar-refractivity contribution < 1.29 is 0 Å². The summed E-state index contributed by atoms with van der Waals surface area (Å²) in [4.78, 5) is 0. The van der Waals surface area contributed by atoms with Gasteiger partial charge in [0.1, 0.15) is 0 Å². The fourth-order valence-corrected chi connectivity index (χ4v) is 5.32. The molecule has 0 saturated heterocycles. The zero-order chi connectivity index (χ0) is 18.4. The molecule has 1 fully saturated rings. The molecule has 1 atom stereocenters. The molecule has 0 aromatic carbocycles. The molecule has 0 heteroatoms. The van der Waals surface area contributed by atoms with E-state index in [1.54, 1.807) is 25.7 Å². The van der Waals surface area contributed by atoms with Crippen molar-refractivity contribution in [1.29, 1.82) is 0 Å². The van der Waals surface area contributed by atoms with Crippen molar-refractivity contribution in [2.24, 2.45) is 17.3 Å². The molecule has 0 amide bonds. The zero-order valence-electron chi connectivity index (χ0n) is 18.4. The molecule has 1 saturated carbocycles. The van der Waals surface area contributed by atoms with Crippen LogP contribution < -0.4 is 0 Å². The summed E-state index contributed by atoms with van der Waals surface area (Å²) >= 11 is 0. The topological polar surface area (TPSA) is 0 Å². The van der Waals surface area contributed by atoms with Gasteiger partial charge >= 0.3 is 0 Å². The van der Waals surface area contributed by atoms with Gasteiger partial charge in [-0.05, 0) is 42.9 Å². The minimum absolute atomic E-state index is 0.738. The van der Waals surface area contributed by atoms with E-state index in [1.807, 2.05) is 0 Å². The van der Waals surface area contributed by atoms with Crippen molar-refractivity contribution in [3.05, 3.63) is 0 Å². The highest BCUT2D eigenvalue weighted by molar-refractivity contribution is 4.85. The van der Waals surface area contributed by atoms with Gasteiger partial charge in [0.2, 0.25) is 0 Å². The lowest BCUT2D eigenvalue weighted by Gasteiger charge is -2.40. The smallest absolute Gasteiger partial charge is 0.0295 e. The van der Waals surface area contributed by atoms with Crippen LogP contribution in [0, 0.1) is 17.3 Å². The summed E-state index contributed by atoms with van der Waals surface area (Å²) in [6.07, 6.45) is 26.8. The summed E-state index contributed by atoms with van der Waals surface area (Å²) in [5.74, 6) is 1.92. The Morgan fingerprint density at radius 1 is 0.680 bits per heavy atom. The first-order chi connectivity index (χ1) is 12.1. The Bertz CT molecular complexity index is 284. The summed E-state index contributed by atoms with van der Waals surface area (Å²) in [5, 5.41) is 0. The SMILES string of the molecule is CCCCCC(CCC)CC1(CCCCCCC(C)C)CCCCC1. The molecule has 150 valence electrons. The average molecular weight is 351 g/mol. The molecule has 1 aliphatic rings. The quantitative estimate of drug-likeness (QED) is 0.258. The largest absolute Gasteiger partial charge is 0.0654 e. The predicted molar refractivity (Wildman–Crippen MR) is 115 cm³/mol. The zero-order valence-corrected chi connectivity index (χ0v) is 18.4. The summed E-state index contributed by atoms with van der Waals surface area (Å²) in [5.41, 5.74) is 0.738. The Kier molecular flexibility index (Phi) is 13.0. The van der Waals surface area contributed by atoms with E-state index in [-0.39, 0.29) is 0 Å². The van der Waals surface area contributed by atoms with Crippen LogP contribution in [0.4, 0.5) is 0 Å². The highest BCUT2D eigenvalue weighted by Crippen LogP contribution is 2.47. The Balaban J connectivity index is 2.43. The van der Waals surface area contributed by atoms with Gasteiger partial charge in [-0.1, -0.05) is 118 Å². The first kappa shape index (κ1) is 23.0. The maximum Gasteiger partial charge on any atom is -0.0295 e. The molecule has 0 spiro atoms. The second kappa shape index (κ2) is 14.1. The molecular weight excluding hydrogens is 300 g/mol. The molecule has 25 heavy (non-hydrogen) atoms. The number of hydrogen-bond acceptors (Lipinski definition) is 0. The van der Waals surface area contributed by atoms with Crippen molar-refractivity contribution >= 4 is 0 Å². The highest BCUT2D eigenvalue weighted by Gasteiger charge is 2.33. The molecular formula is C25H50. The van der Waals surface area contributed by atoms with Crippen LogP contribution in [-0.2, 0) is 0 Å². The van der Waals surface area contributed by atoms with Crippen LogP contribution >= 0.6 is 0 Å². The maximum absolute atomic E-state index is 2.40. The van der Waals surface area contributed by atoms with Crippen LogP contribution in [0.1, 0.15) is 143 Å². The summed E-state index contributed by atoms with van der Waals surface area (Å²) < 4.78 is 0. The maximum atomic E-state index is 2.40. The van der Waals surface area contributed by atoms with E-state index < -0.39 is 0 Å². The van der Waals surface area contributed by atoms with Crippen LogP contribution in [0.2, 0.25) is 0 Å². The minimum atomic E-state index is 0.738. The predicted octanol–water partition coefficient (Wildman–Crippen LogP) is 9.32. The first-order valence-corrected chi connectivity index (χ1v) is 12.1. The molecule has 1 rings (SSSR count). The van der Waals surface area contributed by atoms with Crippen molar-refractivity contribution in [2.75, 3.05) is 0 Å². The standard InChI is InChI=1S/C25H50/c1-5-7-11-18-24(16-6-2)22-25(20-14-10-15-21-25)19-13-9-8-12-17-23(3)4/h23-24H,5-22H2,1-4H3. The van der Waals surface area contributed by atoms with Crippen molar-refractivity contribution in [1.82, 2.24) is 0 Å². The van der Waals surface area contributed by atoms with Gasteiger partial charge in [0.05, 0.1) is 0 Å². The van der Waals surface area contributed by atoms with E-state index in [2.05, 4.69) is 27.7 Å². The third kappa shape index (κ3) is 10.7. The fraction of sp³-hybridized carbons (Fsp3) is 1.00. The lowest BCUT2D eigenvalue weighted by atomic mass is 9.65. The van der Waals surface area contributed by atoms with E-state index in [0.29, 0.717) is 0 Å². The molecule has 0 radical (unpaired) electrons. The van der Waals surface area contributed by atoms with Crippen LogP contribution in [0.25, 0.3) is 0 Å². The molecule has 0 N–H and O–H groups in total. The minimum Gasteiger partial charge on any atom is -0.0654 e. The van der Waals surface area contributed by atoms with Gasteiger partial charge in [-0.15, -0.1) is 0 Å². The molecule has 0 nitrogen and oxygen atoms in total. The van der Waals surface area contributed by atoms with E-state index >= 15 is 0 Å². The van der Waals surface area contributed by atoms with Gasteiger partial charge in [-0.25, -0.2) is 0 Å². The third-order valence-corrected chi connectivity index (χ3v) is 6.79. The second-order valence-electron chi connectivity index (χ2n) is 9.76. The van der Waals surface area contributed by atoms with E-state index in [1.165, 1.54) is 89.9 Å². The lowest BCUT2D eigenvalue weighted by Crippen LogP contribution is -2.27. The van der Waals surface area contributed by atoms with Crippen molar-refractivity contribution in [2.45, 2.75) is 143 Å². The molecule has 1 aliphatic carbocycles. The Morgan fingerprint density at radius 3 is 2.00 bits per heavy atom. The van der Waals surface area contributed by atoms with Crippen LogP contribution in [-0.4, -0.2) is 0 Å². The molecule has 1 unspecified atom stereocenters. The third-order valence-electron chi connectivity index (χ3n) is 6.79. The lowest BCUT2D eigenvalue weighted by molar-refractivity contribution is 0.116. The van der Waals surface area contributed by atoms with E-state index in [4.69, 9.17) is 0 Å². The number of rotatable bonds is 15. The van der Waals surface area contributed by atoms with Crippen LogP contribution in [0.3, 0.4) is 0 Å². The second-order valence-corrected chi connectivity index (χ2v) is 9.76. The van der Waals surface area contributed by atoms with Gasteiger partial charge in [-0.3, -0.25) is 0 Å². The van der Waals surface area contributed by atoms with Gasteiger partial charge in [-0.2, -0.15) is 0 Å². The monoisotopic (exact) mass is 350 g/mol. The van der Waals surface area contributed by atoms with Gasteiger partial charge in [0, 0.05) is 0 Å². The molecule has 0 aliphatic heterocycles. The van der Waals surface area contributed by atoms with Gasteiger partial charge in [0.15, 0.2) is 0 Å². The first-order valence-electron chi connectivity index (χ1n) is 12.1. The normalized spacial score (nSPS) is 18.6. The Labute approximate surface area is 160 Å². The van der Waals surface area contributed by atoms with Gasteiger partial charge < -0.3 is 0 Å². The van der Waals surface area contributed by atoms with E-state index in [0.717, 1.165) is 17.3 Å². The molecule has 0 aromatic heterocycles. The van der Waals surface area contributed by atoms with Gasteiger partial charge in [0.25, 0.3) is 0 Å². The summed E-state index contributed by atoms with van der Waals surface area (Å²) in [6, 6.07) is 0. The van der Waals surface area contributed by atoms with Crippen LogP contribution in [0.15, 0.2) is 0 Å². The highest BCUT2D eigenvalue weighted by atomic mass is 14.4. The Hall–Kier alpha value is 0. The summed E-state index contributed by atoms with van der Waals surface area (Å²) in [7, 11) is 0. The molecule has 0 bridgehead atoms. The number of hydrogen-bond donors (Lipinski definition) is 0. The number of unbranched alkanes of at least 4 members (excludes halogenated alkanes) is 5.